The predicted molar refractivity (Wildman–Crippen MR) is 111 cm³/mol. The Balaban J connectivity index is 1.83. The van der Waals surface area contributed by atoms with Gasteiger partial charge in [0.25, 0.3) is 0 Å². The van der Waals surface area contributed by atoms with Crippen molar-refractivity contribution in [3.63, 3.8) is 0 Å². The molecule has 0 amide bonds. The van der Waals surface area contributed by atoms with Crippen molar-refractivity contribution < 1.29 is 0 Å². The molecule has 0 spiro atoms. The van der Waals surface area contributed by atoms with Crippen molar-refractivity contribution in [2.24, 2.45) is 0 Å². The van der Waals surface area contributed by atoms with E-state index in [9.17, 15) is 0 Å². The summed E-state index contributed by atoms with van der Waals surface area (Å²) in [7, 11) is 0. The molecule has 0 N–H and O–H groups in total. The van der Waals surface area contributed by atoms with Crippen molar-refractivity contribution in [2.45, 2.75) is 31.3 Å². The van der Waals surface area contributed by atoms with Gasteiger partial charge >= 0.3 is 0 Å². The van der Waals surface area contributed by atoms with Gasteiger partial charge in [-0.2, -0.15) is 0 Å². The van der Waals surface area contributed by atoms with Crippen LogP contribution in [0.3, 0.4) is 0 Å². The molecule has 6 heteroatoms. The summed E-state index contributed by atoms with van der Waals surface area (Å²) in [4.78, 5) is 17.7. The highest BCUT2D eigenvalue weighted by atomic mass is 32.2. The highest BCUT2D eigenvalue weighted by Gasteiger charge is 2.21. The van der Waals surface area contributed by atoms with Crippen molar-refractivity contribution in [2.75, 3.05) is 24.2 Å². The third kappa shape index (κ3) is 3.62. The van der Waals surface area contributed by atoms with E-state index in [4.69, 9.17) is 9.97 Å². The normalized spacial score (nSPS) is 14.6. The zero-order chi connectivity index (χ0) is 17.9. The first-order valence-electron chi connectivity index (χ1n) is 8.95. The molecule has 0 saturated carbocycles. The maximum absolute atomic E-state index is 5.05. The summed E-state index contributed by atoms with van der Waals surface area (Å²) in [5.74, 6) is 0. The molecule has 0 atom stereocenters. The van der Waals surface area contributed by atoms with Gasteiger partial charge in [-0.3, -0.25) is 0 Å². The summed E-state index contributed by atoms with van der Waals surface area (Å²) in [5, 5.41) is 1.91. The van der Waals surface area contributed by atoms with Gasteiger partial charge in [0, 0.05) is 24.8 Å². The quantitative estimate of drug-likeness (QED) is 0.453. The van der Waals surface area contributed by atoms with Gasteiger partial charge in [0.05, 0.1) is 16.3 Å². The van der Waals surface area contributed by atoms with Crippen molar-refractivity contribution in [1.82, 2.24) is 15.0 Å². The van der Waals surface area contributed by atoms with Crippen molar-refractivity contribution in [3.05, 3.63) is 42.1 Å². The lowest BCUT2D eigenvalue weighted by Crippen LogP contribution is -2.29. The first-order chi connectivity index (χ1) is 12.7. The minimum Gasteiger partial charge on any atom is -0.348 e. The van der Waals surface area contributed by atoms with E-state index in [0.717, 1.165) is 45.2 Å². The van der Waals surface area contributed by atoms with Crippen LogP contribution in [0.25, 0.3) is 21.8 Å². The van der Waals surface area contributed by atoms with E-state index in [1.54, 1.807) is 23.1 Å². The minimum absolute atomic E-state index is 0.797. The zero-order valence-electron chi connectivity index (χ0n) is 15.1. The Morgan fingerprint density at radius 2 is 1.92 bits per heavy atom. The first-order valence-corrected chi connectivity index (χ1v) is 11.0. The van der Waals surface area contributed by atoms with E-state index < -0.39 is 0 Å². The monoisotopic (exact) mass is 382 g/mol. The van der Waals surface area contributed by atoms with Crippen LogP contribution in [0.15, 0.2) is 41.7 Å². The number of hydrogen-bond acceptors (Lipinski definition) is 6. The third-order valence-electron chi connectivity index (χ3n) is 4.58. The third-order valence-corrected chi connectivity index (χ3v) is 6.28. The van der Waals surface area contributed by atoms with E-state index in [-0.39, 0.29) is 0 Å². The first kappa shape index (κ1) is 17.5. The van der Waals surface area contributed by atoms with E-state index in [1.165, 1.54) is 24.8 Å². The summed E-state index contributed by atoms with van der Waals surface area (Å²) in [6.45, 7) is 4.32. The molecule has 4 nitrogen and oxygen atoms in total. The van der Waals surface area contributed by atoms with Gasteiger partial charge in [-0.25, -0.2) is 15.0 Å². The van der Waals surface area contributed by atoms with Crippen LogP contribution in [-0.4, -0.2) is 34.3 Å². The van der Waals surface area contributed by atoms with E-state index in [2.05, 4.69) is 41.1 Å². The fraction of sp³-hybridized carbons (Fsp3) is 0.350. The Hall–Kier alpha value is -1.92. The Kier molecular flexibility index (Phi) is 5.22. The molecule has 2 aromatic heterocycles. The standard InChI is InChI=1S/C20H22N4S2/c1-14-7-6-8-15(13-14)17-18(16-9-10-21-19(22-16)25-2)26-20(23-17)24-11-4-3-5-12-24/h6-10,13H,3-5,11-12H2,1-2H3. The van der Waals surface area contributed by atoms with Gasteiger partial charge in [-0.15, -0.1) is 0 Å². The number of thiazole rings is 1. The number of piperidine rings is 1. The second-order valence-electron chi connectivity index (χ2n) is 6.52. The van der Waals surface area contributed by atoms with Crippen molar-refractivity contribution in [3.8, 4) is 21.8 Å². The van der Waals surface area contributed by atoms with E-state index in [0.29, 0.717) is 0 Å². The van der Waals surface area contributed by atoms with Crippen LogP contribution in [0.2, 0.25) is 0 Å². The number of hydrogen-bond donors (Lipinski definition) is 0. The number of aromatic nitrogens is 3. The Morgan fingerprint density at radius 3 is 2.69 bits per heavy atom. The van der Waals surface area contributed by atoms with E-state index >= 15 is 0 Å². The van der Waals surface area contributed by atoms with Gasteiger partial charge in [0.2, 0.25) is 0 Å². The molecular weight excluding hydrogens is 360 g/mol. The molecule has 0 unspecified atom stereocenters. The molecule has 1 aliphatic rings. The maximum Gasteiger partial charge on any atom is 0.187 e. The molecule has 1 fully saturated rings. The highest BCUT2D eigenvalue weighted by Crippen LogP contribution is 2.40. The van der Waals surface area contributed by atoms with Crippen molar-refractivity contribution >= 4 is 28.2 Å². The lowest BCUT2D eigenvalue weighted by Gasteiger charge is -2.25. The van der Waals surface area contributed by atoms with Crippen LogP contribution in [0.1, 0.15) is 24.8 Å². The number of benzene rings is 1. The molecule has 3 heterocycles. The molecule has 0 aliphatic carbocycles. The van der Waals surface area contributed by atoms with Crippen LogP contribution >= 0.6 is 23.1 Å². The SMILES string of the molecule is CSc1nccc(-c2sc(N3CCCCC3)nc2-c2cccc(C)c2)n1. The topological polar surface area (TPSA) is 41.9 Å². The smallest absolute Gasteiger partial charge is 0.187 e. The van der Waals surface area contributed by atoms with Gasteiger partial charge < -0.3 is 4.90 Å². The maximum atomic E-state index is 5.05. The fourth-order valence-electron chi connectivity index (χ4n) is 3.26. The zero-order valence-corrected chi connectivity index (χ0v) is 16.7. The van der Waals surface area contributed by atoms with Gasteiger partial charge in [0.1, 0.15) is 0 Å². The second-order valence-corrected chi connectivity index (χ2v) is 8.27. The number of anilines is 1. The molecule has 1 aliphatic heterocycles. The second kappa shape index (κ2) is 7.76. The van der Waals surface area contributed by atoms with Gasteiger partial charge in [-0.1, -0.05) is 46.9 Å². The minimum atomic E-state index is 0.797. The fourth-order valence-corrected chi connectivity index (χ4v) is 4.72. The number of nitrogens with zero attached hydrogens (tertiary/aromatic N) is 4. The lowest BCUT2D eigenvalue weighted by atomic mass is 10.1. The molecule has 4 rings (SSSR count). The van der Waals surface area contributed by atoms with Crippen molar-refractivity contribution in [1.29, 1.82) is 0 Å². The molecule has 1 saturated heterocycles. The molecule has 1 aromatic carbocycles. The average Bonchev–Trinajstić information content (AvgIpc) is 3.14. The summed E-state index contributed by atoms with van der Waals surface area (Å²) < 4.78 is 0. The predicted octanol–water partition coefficient (Wildman–Crippen LogP) is 5.29. The summed E-state index contributed by atoms with van der Waals surface area (Å²) >= 11 is 3.32. The number of rotatable bonds is 4. The van der Waals surface area contributed by atoms with Gasteiger partial charge in [-0.05, 0) is 44.6 Å². The Morgan fingerprint density at radius 1 is 1.08 bits per heavy atom. The number of aryl methyl sites for hydroxylation is 1. The molecule has 134 valence electrons. The average molecular weight is 383 g/mol. The summed E-state index contributed by atoms with van der Waals surface area (Å²) in [5.41, 5.74) is 4.39. The Bertz CT molecular complexity index is 900. The van der Waals surface area contributed by atoms with Crippen LogP contribution in [0.4, 0.5) is 5.13 Å². The van der Waals surface area contributed by atoms with Crippen LogP contribution in [0, 0.1) is 6.92 Å². The summed E-state index contributed by atoms with van der Waals surface area (Å²) in [6.07, 6.45) is 7.67. The largest absolute Gasteiger partial charge is 0.348 e. The highest BCUT2D eigenvalue weighted by molar-refractivity contribution is 7.98. The van der Waals surface area contributed by atoms with Crippen LogP contribution in [0.5, 0.6) is 0 Å². The molecule has 26 heavy (non-hydrogen) atoms. The molecular formula is C20H22N4S2. The Labute approximate surface area is 162 Å². The van der Waals surface area contributed by atoms with Crippen LogP contribution < -0.4 is 4.90 Å². The lowest BCUT2D eigenvalue weighted by molar-refractivity contribution is 0.577. The number of thioether (sulfide) groups is 1. The molecule has 0 radical (unpaired) electrons. The summed E-state index contributed by atoms with van der Waals surface area (Å²) in [6, 6.07) is 10.6. The molecule has 0 bridgehead atoms. The molecule has 3 aromatic rings. The van der Waals surface area contributed by atoms with Crippen LogP contribution in [-0.2, 0) is 0 Å². The van der Waals surface area contributed by atoms with Gasteiger partial charge in [0.15, 0.2) is 10.3 Å². The van der Waals surface area contributed by atoms with E-state index in [1.807, 2.05) is 18.5 Å².